The lowest BCUT2D eigenvalue weighted by molar-refractivity contribution is -0.137. The van der Waals surface area contributed by atoms with Crippen LogP contribution in [0.5, 0.6) is 0 Å². The van der Waals surface area contributed by atoms with E-state index in [2.05, 4.69) is 20.8 Å². The van der Waals surface area contributed by atoms with E-state index in [1.165, 1.54) is 10.5 Å². The topological polar surface area (TPSA) is 37.4 Å². The van der Waals surface area contributed by atoms with Crippen molar-refractivity contribution in [3.05, 3.63) is 35.4 Å². The molecule has 0 saturated carbocycles. The van der Waals surface area contributed by atoms with Gasteiger partial charge in [0.1, 0.15) is 0 Å². The highest BCUT2D eigenvalue weighted by molar-refractivity contribution is 6.05. The molecule has 0 bridgehead atoms. The SMILES string of the molecule is CN1C(=O)CC(c2ccc(C(C)(C)C)cc2)C1=O. The summed E-state index contributed by atoms with van der Waals surface area (Å²) in [5.74, 6) is -0.482. The van der Waals surface area contributed by atoms with Gasteiger partial charge in [0.05, 0.1) is 5.92 Å². The Balaban J connectivity index is 2.26. The lowest BCUT2D eigenvalue weighted by atomic mass is 9.85. The zero-order chi connectivity index (χ0) is 13.5. The van der Waals surface area contributed by atoms with Crippen LogP contribution in [0.15, 0.2) is 24.3 Å². The molecule has 3 nitrogen and oxygen atoms in total. The van der Waals surface area contributed by atoms with Gasteiger partial charge >= 0.3 is 0 Å². The number of nitrogens with zero attached hydrogens (tertiary/aromatic N) is 1. The zero-order valence-corrected chi connectivity index (χ0v) is 11.4. The average Bonchev–Trinajstić information content (AvgIpc) is 2.56. The summed E-state index contributed by atoms with van der Waals surface area (Å²) in [5.41, 5.74) is 2.27. The number of amides is 2. The van der Waals surface area contributed by atoms with Crippen molar-refractivity contribution in [3.63, 3.8) is 0 Å². The molecule has 1 unspecified atom stereocenters. The molecule has 1 atom stereocenters. The van der Waals surface area contributed by atoms with Crippen LogP contribution < -0.4 is 0 Å². The lowest BCUT2D eigenvalue weighted by Gasteiger charge is -2.19. The maximum atomic E-state index is 11.9. The van der Waals surface area contributed by atoms with Gasteiger partial charge in [-0.1, -0.05) is 45.0 Å². The van der Waals surface area contributed by atoms with Crippen molar-refractivity contribution in [2.24, 2.45) is 0 Å². The minimum atomic E-state index is -0.295. The standard InChI is InChI=1S/C15H19NO2/c1-15(2,3)11-7-5-10(6-8-11)12-9-13(17)16(4)14(12)18/h5-8,12H,9H2,1-4H3. The predicted molar refractivity (Wildman–Crippen MR) is 70.3 cm³/mol. The fourth-order valence-corrected chi connectivity index (χ4v) is 2.23. The minimum absolute atomic E-state index is 0.0927. The van der Waals surface area contributed by atoms with E-state index in [1.54, 1.807) is 7.05 Å². The molecule has 1 aliphatic heterocycles. The van der Waals surface area contributed by atoms with E-state index >= 15 is 0 Å². The van der Waals surface area contributed by atoms with Crippen LogP contribution in [-0.2, 0) is 15.0 Å². The predicted octanol–water partition coefficient (Wildman–Crippen LogP) is 2.46. The zero-order valence-electron chi connectivity index (χ0n) is 11.4. The van der Waals surface area contributed by atoms with Gasteiger partial charge in [0, 0.05) is 13.5 Å². The second-order valence-electron chi connectivity index (χ2n) is 5.92. The Bertz CT molecular complexity index is 482. The third-order valence-electron chi connectivity index (χ3n) is 3.56. The first-order valence-corrected chi connectivity index (χ1v) is 6.21. The van der Waals surface area contributed by atoms with Crippen molar-refractivity contribution >= 4 is 11.8 Å². The summed E-state index contributed by atoms with van der Waals surface area (Å²) in [7, 11) is 1.55. The molecular weight excluding hydrogens is 226 g/mol. The molecule has 1 aromatic rings. The second kappa shape index (κ2) is 4.23. The molecular formula is C15H19NO2. The van der Waals surface area contributed by atoms with Crippen LogP contribution >= 0.6 is 0 Å². The van der Waals surface area contributed by atoms with Gasteiger partial charge in [0.25, 0.3) is 0 Å². The van der Waals surface area contributed by atoms with Crippen LogP contribution in [0.25, 0.3) is 0 Å². The van der Waals surface area contributed by atoms with Crippen molar-refractivity contribution in [2.45, 2.75) is 38.5 Å². The number of carbonyl (C=O) groups is 2. The number of imide groups is 1. The van der Waals surface area contributed by atoms with Gasteiger partial charge in [0.2, 0.25) is 11.8 Å². The highest BCUT2D eigenvalue weighted by Gasteiger charge is 2.36. The average molecular weight is 245 g/mol. The Morgan fingerprint density at radius 3 is 2.06 bits per heavy atom. The number of carbonyl (C=O) groups excluding carboxylic acids is 2. The lowest BCUT2D eigenvalue weighted by Crippen LogP contribution is -2.25. The number of benzene rings is 1. The largest absolute Gasteiger partial charge is 0.285 e. The Kier molecular flexibility index (Phi) is 3.01. The summed E-state index contributed by atoms with van der Waals surface area (Å²) in [4.78, 5) is 24.6. The molecule has 1 aliphatic rings. The Morgan fingerprint density at radius 2 is 1.67 bits per heavy atom. The molecule has 0 radical (unpaired) electrons. The quantitative estimate of drug-likeness (QED) is 0.713. The van der Waals surface area contributed by atoms with Crippen LogP contribution in [0.3, 0.4) is 0 Å². The first kappa shape index (κ1) is 12.8. The van der Waals surface area contributed by atoms with Gasteiger partial charge in [-0.05, 0) is 16.5 Å². The fourth-order valence-electron chi connectivity index (χ4n) is 2.23. The maximum absolute atomic E-state index is 11.9. The van der Waals surface area contributed by atoms with E-state index < -0.39 is 0 Å². The van der Waals surface area contributed by atoms with Crippen molar-refractivity contribution in [3.8, 4) is 0 Å². The highest BCUT2D eigenvalue weighted by atomic mass is 16.2. The maximum Gasteiger partial charge on any atom is 0.236 e. The third kappa shape index (κ3) is 2.17. The Morgan fingerprint density at radius 1 is 1.11 bits per heavy atom. The third-order valence-corrected chi connectivity index (χ3v) is 3.56. The number of likely N-dealkylation sites (N-methyl/N-ethyl adjacent to an activating group) is 1. The summed E-state index contributed by atoms with van der Waals surface area (Å²) in [5, 5.41) is 0. The first-order valence-electron chi connectivity index (χ1n) is 6.21. The van der Waals surface area contributed by atoms with Crippen molar-refractivity contribution in [2.75, 3.05) is 7.05 Å². The summed E-state index contributed by atoms with van der Waals surface area (Å²) in [6.07, 6.45) is 0.296. The van der Waals surface area contributed by atoms with Gasteiger partial charge in [0.15, 0.2) is 0 Å². The molecule has 3 heteroatoms. The highest BCUT2D eigenvalue weighted by Crippen LogP contribution is 2.30. The molecule has 0 aliphatic carbocycles. The normalized spacial score (nSPS) is 20.7. The molecule has 1 aromatic carbocycles. The van der Waals surface area contributed by atoms with Crippen LogP contribution in [0, 0.1) is 0 Å². The van der Waals surface area contributed by atoms with Gasteiger partial charge in [-0.15, -0.1) is 0 Å². The molecule has 0 aromatic heterocycles. The van der Waals surface area contributed by atoms with Crippen molar-refractivity contribution in [1.82, 2.24) is 4.90 Å². The monoisotopic (exact) mass is 245 g/mol. The Labute approximate surface area is 108 Å². The Hall–Kier alpha value is -1.64. The molecule has 2 rings (SSSR count). The van der Waals surface area contributed by atoms with E-state index in [-0.39, 0.29) is 23.1 Å². The van der Waals surface area contributed by atoms with Gasteiger partial charge in [-0.3, -0.25) is 14.5 Å². The summed E-state index contributed by atoms with van der Waals surface area (Å²) in [6.45, 7) is 6.46. The van der Waals surface area contributed by atoms with Gasteiger partial charge in [-0.25, -0.2) is 0 Å². The number of rotatable bonds is 1. The van der Waals surface area contributed by atoms with Crippen molar-refractivity contribution in [1.29, 1.82) is 0 Å². The van der Waals surface area contributed by atoms with Crippen LogP contribution in [-0.4, -0.2) is 23.8 Å². The second-order valence-corrected chi connectivity index (χ2v) is 5.92. The molecule has 96 valence electrons. The molecule has 1 saturated heterocycles. The molecule has 0 N–H and O–H groups in total. The van der Waals surface area contributed by atoms with E-state index in [9.17, 15) is 9.59 Å². The van der Waals surface area contributed by atoms with E-state index in [0.29, 0.717) is 6.42 Å². The number of likely N-dealkylation sites (tertiary alicyclic amines) is 1. The fraction of sp³-hybridized carbons (Fsp3) is 0.467. The van der Waals surface area contributed by atoms with E-state index in [4.69, 9.17) is 0 Å². The molecule has 18 heavy (non-hydrogen) atoms. The molecule has 1 heterocycles. The summed E-state index contributed by atoms with van der Waals surface area (Å²) < 4.78 is 0. The van der Waals surface area contributed by atoms with E-state index in [1.807, 2.05) is 24.3 Å². The van der Waals surface area contributed by atoms with Crippen LogP contribution in [0.1, 0.15) is 44.2 Å². The smallest absolute Gasteiger partial charge is 0.236 e. The van der Waals surface area contributed by atoms with Gasteiger partial charge in [-0.2, -0.15) is 0 Å². The number of hydrogen-bond acceptors (Lipinski definition) is 2. The van der Waals surface area contributed by atoms with Gasteiger partial charge < -0.3 is 0 Å². The number of hydrogen-bond donors (Lipinski definition) is 0. The summed E-state index contributed by atoms with van der Waals surface area (Å²) >= 11 is 0. The summed E-state index contributed by atoms with van der Waals surface area (Å²) in [6, 6.07) is 8.03. The molecule has 2 amide bonds. The van der Waals surface area contributed by atoms with Crippen LogP contribution in [0.2, 0.25) is 0 Å². The van der Waals surface area contributed by atoms with Crippen molar-refractivity contribution < 1.29 is 9.59 Å². The van der Waals surface area contributed by atoms with Crippen LogP contribution in [0.4, 0.5) is 0 Å². The minimum Gasteiger partial charge on any atom is -0.285 e. The molecule has 1 fully saturated rings. The van der Waals surface area contributed by atoms with E-state index in [0.717, 1.165) is 5.56 Å². The molecule has 0 spiro atoms. The first-order chi connectivity index (χ1) is 8.30.